The number of nitro benzene ring substituents is 1. The van der Waals surface area contributed by atoms with Crippen LogP contribution in [0.15, 0.2) is 42.5 Å². The number of nitrogens with zero attached hydrogens (tertiary/aromatic N) is 4. The van der Waals surface area contributed by atoms with E-state index in [1.54, 1.807) is 50.5 Å². The standard InChI is InChI=1S/C21H29N4O5P/c1-15(30-31(23(4)5)24(6)7)16-11-12-19(25(27)28)20(14-16)29-18-10-8-9-17(13-18)21(26)22(2)3/h8-15H,1-7H3. The van der Waals surface area contributed by atoms with Gasteiger partial charge in [0.2, 0.25) is 5.75 Å². The van der Waals surface area contributed by atoms with Gasteiger partial charge in [-0.05, 0) is 71.0 Å². The van der Waals surface area contributed by atoms with Crippen LogP contribution in [0, 0.1) is 10.1 Å². The summed E-state index contributed by atoms with van der Waals surface area (Å²) in [5, 5.41) is 11.5. The average Bonchev–Trinajstić information content (AvgIpc) is 2.70. The smallest absolute Gasteiger partial charge is 0.311 e. The fourth-order valence-corrected chi connectivity index (χ4v) is 4.34. The van der Waals surface area contributed by atoms with Crippen LogP contribution in [0.3, 0.4) is 0 Å². The molecule has 0 saturated carbocycles. The van der Waals surface area contributed by atoms with Gasteiger partial charge in [0.15, 0.2) is 8.45 Å². The minimum Gasteiger partial charge on any atom is -0.450 e. The van der Waals surface area contributed by atoms with Gasteiger partial charge in [0.05, 0.1) is 11.0 Å². The first-order valence-corrected chi connectivity index (χ1v) is 10.8. The number of rotatable bonds is 9. The van der Waals surface area contributed by atoms with Crippen molar-refractivity contribution in [3.63, 3.8) is 0 Å². The van der Waals surface area contributed by atoms with Gasteiger partial charge < -0.3 is 14.2 Å². The molecule has 2 rings (SSSR count). The van der Waals surface area contributed by atoms with E-state index in [4.69, 9.17) is 9.26 Å². The predicted molar refractivity (Wildman–Crippen MR) is 121 cm³/mol. The monoisotopic (exact) mass is 448 g/mol. The first-order chi connectivity index (χ1) is 14.5. The zero-order valence-electron chi connectivity index (χ0n) is 18.9. The number of carbonyl (C=O) groups excluding carboxylic acids is 1. The molecule has 0 bridgehead atoms. The Bertz CT molecular complexity index is 928. The van der Waals surface area contributed by atoms with Gasteiger partial charge in [-0.1, -0.05) is 6.07 Å². The Balaban J connectivity index is 2.36. The number of amides is 1. The molecule has 0 heterocycles. The van der Waals surface area contributed by atoms with E-state index < -0.39 is 13.4 Å². The van der Waals surface area contributed by atoms with Gasteiger partial charge in [-0.2, -0.15) is 0 Å². The van der Waals surface area contributed by atoms with E-state index in [1.165, 1.54) is 11.0 Å². The second-order valence-corrected chi connectivity index (χ2v) is 9.82. The third-order valence-corrected chi connectivity index (χ3v) is 6.18. The lowest BCUT2D eigenvalue weighted by Gasteiger charge is -2.31. The Hall–Kier alpha value is -2.58. The summed E-state index contributed by atoms with van der Waals surface area (Å²) in [6.45, 7) is 1.89. The highest BCUT2D eigenvalue weighted by Crippen LogP contribution is 2.46. The molecule has 0 N–H and O–H groups in total. The zero-order chi connectivity index (χ0) is 23.3. The minimum atomic E-state index is -0.988. The maximum Gasteiger partial charge on any atom is 0.311 e. The van der Waals surface area contributed by atoms with Crippen LogP contribution in [-0.4, -0.2) is 67.4 Å². The first-order valence-electron chi connectivity index (χ1n) is 9.60. The van der Waals surface area contributed by atoms with Crippen molar-refractivity contribution >= 4 is 20.0 Å². The largest absolute Gasteiger partial charge is 0.450 e. The van der Waals surface area contributed by atoms with Gasteiger partial charge in [-0.3, -0.25) is 24.2 Å². The van der Waals surface area contributed by atoms with Gasteiger partial charge in [0, 0.05) is 25.7 Å². The molecular weight excluding hydrogens is 419 g/mol. The Morgan fingerprint density at radius 3 is 2.23 bits per heavy atom. The summed E-state index contributed by atoms with van der Waals surface area (Å²) in [6, 6.07) is 11.3. The summed E-state index contributed by atoms with van der Waals surface area (Å²) >= 11 is 0. The molecule has 0 fully saturated rings. The van der Waals surface area contributed by atoms with Crippen LogP contribution in [0.5, 0.6) is 11.5 Å². The summed E-state index contributed by atoms with van der Waals surface area (Å²) in [7, 11) is 10.1. The third-order valence-electron chi connectivity index (χ3n) is 4.30. The molecule has 2 aromatic carbocycles. The number of benzene rings is 2. The SMILES string of the molecule is CC(OP(N(C)C)N(C)C)c1ccc([N+](=O)[O-])c(Oc2cccc(C(=O)N(C)C)c2)c1. The normalized spacial score (nSPS) is 12.3. The van der Waals surface area contributed by atoms with Crippen molar-refractivity contribution < 1.29 is 19.0 Å². The zero-order valence-corrected chi connectivity index (χ0v) is 19.8. The summed E-state index contributed by atoms with van der Waals surface area (Å²) < 4.78 is 16.0. The average molecular weight is 448 g/mol. The van der Waals surface area contributed by atoms with E-state index in [9.17, 15) is 14.9 Å². The van der Waals surface area contributed by atoms with Gasteiger partial charge in [0.25, 0.3) is 5.91 Å². The van der Waals surface area contributed by atoms with Crippen molar-refractivity contribution in [2.24, 2.45) is 0 Å². The maximum absolute atomic E-state index is 12.2. The van der Waals surface area contributed by atoms with E-state index in [1.807, 2.05) is 44.5 Å². The van der Waals surface area contributed by atoms with Gasteiger partial charge in [-0.15, -0.1) is 0 Å². The van der Waals surface area contributed by atoms with E-state index in [-0.39, 0.29) is 23.4 Å². The maximum atomic E-state index is 12.2. The van der Waals surface area contributed by atoms with Crippen LogP contribution in [0.2, 0.25) is 0 Å². The van der Waals surface area contributed by atoms with Crippen LogP contribution in [0.4, 0.5) is 5.69 Å². The number of carbonyl (C=O) groups is 1. The predicted octanol–water partition coefficient (Wildman–Crippen LogP) is 4.52. The molecule has 1 atom stereocenters. The van der Waals surface area contributed by atoms with Crippen molar-refractivity contribution in [3.05, 3.63) is 63.7 Å². The molecule has 31 heavy (non-hydrogen) atoms. The summed E-state index contributed by atoms with van der Waals surface area (Å²) in [5.74, 6) is 0.244. The summed E-state index contributed by atoms with van der Waals surface area (Å²) in [6.07, 6.45) is -0.319. The molecule has 9 nitrogen and oxygen atoms in total. The Kier molecular flexibility index (Phi) is 8.47. The Labute approximate surface area is 184 Å². The lowest BCUT2D eigenvalue weighted by atomic mass is 10.1. The molecule has 0 saturated heterocycles. The van der Waals surface area contributed by atoms with Gasteiger partial charge in [0.1, 0.15) is 5.75 Å². The Morgan fingerprint density at radius 1 is 1.03 bits per heavy atom. The van der Waals surface area contributed by atoms with E-state index in [0.717, 1.165) is 5.56 Å². The van der Waals surface area contributed by atoms with Crippen molar-refractivity contribution in [1.82, 2.24) is 14.2 Å². The summed E-state index contributed by atoms with van der Waals surface area (Å²) in [5.41, 5.74) is 1.01. The van der Waals surface area contributed by atoms with E-state index >= 15 is 0 Å². The quantitative estimate of drug-likeness (QED) is 0.317. The second kappa shape index (κ2) is 10.6. The molecule has 0 aliphatic heterocycles. The van der Waals surface area contributed by atoms with Crippen molar-refractivity contribution in [2.45, 2.75) is 13.0 Å². The molecule has 1 amide bonds. The third kappa shape index (κ3) is 6.45. The molecule has 0 aliphatic carbocycles. The van der Waals surface area contributed by atoms with Gasteiger partial charge >= 0.3 is 5.69 Å². The highest BCUT2D eigenvalue weighted by atomic mass is 31.2. The molecule has 2 aromatic rings. The lowest BCUT2D eigenvalue weighted by molar-refractivity contribution is -0.385. The Morgan fingerprint density at radius 2 is 1.68 bits per heavy atom. The first kappa shape index (κ1) is 24.7. The van der Waals surface area contributed by atoms with Crippen LogP contribution in [-0.2, 0) is 4.52 Å². The lowest BCUT2D eigenvalue weighted by Crippen LogP contribution is -2.21. The molecule has 168 valence electrons. The van der Waals surface area contributed by atoms with Crippen molar-refractivity contribution in [2.75, 3.05) is 42.3 Å². The number of ether oxygens (including phenoxy) is 1. The highest BCUT2D eigenvalue weighted by Gasteiger charge is 2.23. The second-order valence-electron chi connectivity index (χ2n) is 7.51. The molecule has 0 radical (unpaired) electrons. The van der Waals surface area contributed by atoms with Crippen molar-refractivity contribution in [1.29, 1.82) is 0 Å². The van der Waals surface area contributed by atoms with Crippen LogP contribution in [0.1, 0.15) is 28.9 Å². The van der Waals surface area contributed by atoms with E-state index in [2.05, 4.69) is 0 Å². The molecule has 0 spiro atoms. The topological polar surface area (TPSA) is 88.4 Å². The van der Waals surface area contributed by atoms with Crippen LogP contribution < -0.4 is 4.74 Å². The highest BCUT2D eigenvalue weighted by molar-refractivity contribution is 7.47. The molecule has 0 aliphatic rings. The molecule has 0 aromatic heterocycles. The fourth-order valence-electron chi connectivity index (χ4n) is 2.84. The number of hydrogen-bond donors (Lipinski definition) is 0. The number of nitro groups is 1. The number of hydrogen-bond acceptors (Lipinski definition) is 7. The van der Waals surface area contributed by atoms with Crippen LogP contribution in [0.25, 0.3) is 0 Å². The molecular formula is C21H29N4O5P. The van der Waals surface area contributed by atoms with Crippen molar-refractivity contribution in [3.8, 4) is 11.5 Å². The minimum absolute atomic E-state index is 0.0893. The molecule has 1 unspecified atom stereocenters. The molecule has 10 heteroatoms. The fraction of sp³-hybridized carbons (Fsp3) is 0.381. The van der Waals surface area contributed by atoms with Gasteiger partial charge in [-0.25, -0.2) is 0 Å². The van der Waals surface area contributed by atoms with E-state index in [0.29, 0.717) is 11.3 Å². The van der Waals surface area contributed by atoms with Crippen LogP contribution >= 0.6 is 8.45 Å². The summed E-state index contributed by atoms with van der Waals surface area (Å²) in [4.78, 5) is 24.7.